The van der Waals surface area contributed by atoms with Gasteiger partial charge in [0, 0.05) is 6.42 Å². The molecule has 1 heterocycles. The Morgan fingerprint density at radius 1 is 1.17 bits per heavy atom. The first-order chi connectivity index (χ1) is 11.0. The fraction of sp³-hybridized carbons (Fsp3) is 0.600. The third kappa shape index (κ3) is 3.15. The van der Waals surface area contributed by atoms with E-state index in [1.807, 2.05) is 45.0 Å². The van der Waals surface area contributed by atoms with Crippen LogP contribution in [0.3, 0.4) is 0 Å². The van der Waals surface area contributed by atoms with Gasteiger partial charge in [0.1, 0.15) is 0 Å². The van der Waals surface area contributed by atoms with Crippen molar-refractivity contribution < 1.29 is 9.59 Å². The Labute approximate surface area is 147 Å². The number of hydrogen-bond donors (Lipinski definition) is 0. The molecule has 2 atom stereocenters. The number of amides is 2. The van der Waals surface area contributed by atoms with Crippen LogP contribution in [-0.4, -0.2) is 19.7 Å². The van der Waals surface area contributed by atoms with Gasteiger partial charge in [0.2, 0.25) is 11.8 Å². The van der Waals surface area contributed by atoms with Crippen molar-refractivity contribution in [3.8, 4) is 0 Å². The van der Waals surface area contributed by atoms with Crippen LogP contribution in [0.2, 0.25) is 5.31 Å². The number of benzene rings is 1. The maximum atomic E-state index is 12.6. The molecule has 1 aliphatic heterocycles. The van der Waals surface area contributed by atoms with E-state index in [0.717, 1.165) is 12.0 Å². The van der Waals surface area contributed by atoms with Crippen molar-refractivity contribution in [2.75, 3.05) is 4.90 Å². The molecule has 2 radical (unpaired) electrons. The van der Waals surface area contributed by atoms with E-state index in [1.165, 1.54) is 4.90 Å². The molecule has 0 aliphatic carbocycles. The maximum Gasteiger partial charge on any atom is 0.237 e. The number of carbonyl (C=O) groups excluding carboxylic acids is 2. The first kappa shape index (κ1) is 18.8. The Kier molecular flexibility index (Phi) is 4.99. The molecule has 1 fully saturated rings. The van der Waals surface area contributed by atoms with E-state index in [4.69, 9.17) is 7.85 Å². The zero-order chi connectivity index (χ0) is 18.3. The molecule has 3 nitrogen and oxygen atoms in total. The van der Waals surface area contributed by atoms with E-state index in [9.17, 15) is 9.59 Å². The molecule has 0 spiro atoms. The van der Waals surface area contributed by atoms with Crippen molar-refractivity contribution >= 4 is 25.3 Å². The highest BCUT2D eigenvalue weighted by Crippen LogP contribution is 2.44. The van der Waals surface area contributed by atoms with Crippen LogP contribution in [0, 0.1) is 11.8 Å². The highest BCUT2D eigenvalue weighted by molar-refractivity contribution is 6.21. The Balaban J connectivity index is 2.29. The van der Waals surface area contributed by atoms with Gasteiger partial charge < -0.3 is 0 Å². The van der Waals surface area contributed by atoms with Crippen molar-refractivity contribution in [1.82, 2.24) is 0 Å². The number of imide groups is 1. The summed E-state index contributed by atoms with van der Waals surface area (Å²) in [5.41, 5.74) is 1.53. The largest absolute Gasteiger partial charge is 0.274 e. The Morgan fingerprint density at radius 2 is 1.71 bits per heavy atom. The van der Waals surface area contributed by atoms with Crippen molar-refractivity contribution in [3.05, 3.63) is 29.8 Å². The summed E-state index contributed by atoms with van der Waals surface area (Å²) < 4.78 is 0. The topological polar surface area (TPSA) is 37.4 Å². The monoisotopic (exact) mass is 325 g/mol. The van der Waals surface area contributed by atoms with Crippen molar-refractivity contribution in [3.63, 3.8) is 0 Å². The molecule has 0 saturated carbocycles. The quantitative estimate of drug-likeness (QED) is 0.599. The van der Waals surface area contributed by atoms with Crippen LogP contribution in [0.4, 0.5) is 5.69 Å². The minimum Gasteiger partial charge on any atom is -0.274 e. The molecule has 0 bridgehead atoms. The number of hydrogen-bond acceptors (Lipinski definition) is 2. The minimum atomic E-state index is -0.380. The average Bonchev–Trinajstić information content (AvgIpc) is 2.80. The second-order valence-electron chi connectivity index (χ2n) is 8.16. The second-order valence-corrected chi connectivity index (χ2v) is 8.16. The van der Waals surface area contributed by atoms with Gasteiger partial charge in [-0.15, -0.1) is 0 Å². The van der Waals surface area contributed by atoms with Crippen LogP contribution < -0.4 is 4.90 Å². The van der Waals surface area contributed by atoms with Gasteiger partial charge in [0.05, 0.1) is 19.5 Å². The first-order valence-corrected chi connectivity index (χ1v) is 8.77. The summed E-state index contributed by atoms with van der Waals surface area (Å²) in [5, 5.41) is -0.380. The third-order valence-electron chi connectivity index (χ3n) is 5.97. The number of nitrogens with zero attached hydrogens (tertiary/aromatic N) is 1. The van der Waals surface area contributed by atoms with Gasteiger partial charge in [0.25, 0.3) is 0 Å². The molecular weight excluding hydrogens is 297 g/mol. The van der Waals surface area contributed by atoms with Crippen molar-refractivity contribution in [2.24, 2.45) is 11.8 Å². The summed E-state index contributed by atoms with van der Waals surface area (Å²) in [4.78, 5) is 26.3. The first-order valence-electron chi connectivity index (χ1n) is 8.77. The standard InChI is InChI=1S/C20H28BNO2/c1-7-13(2)16-12-17(23)22(18(16)24)15-10-8-14(9-11-15)19(3,4)20(5,6)21/h8-11,13,16H,7,12H2,1-6H3. The molecule has 2 amide bonds. The van der Waals surface area contributed by atoms with Crippen LogP contribution in [-0.2, 0) is 15.0 Å². The Hall–Kier alpha value is -1.58. The van der Waals surface area contributed by atoms with Crippen molar-refractivity contribution in [2.45, 2.75) is 65.1 Å². The van der Waals surface area contributed by atoms with Gasteiger partial charge in [0.15, 0.2) is 0 Å². The second kappa shape index (κ2) is 6.38. The average molecular weight is 325 g/mol. The molecule has 2 unspecified atom stereocenters. The highest BCUT2D eigenvalue weighted by Gasteiger charge is 2.42. The van der Waals surface area contributed by atoms with Crippen LogP contribution >= 0.6 is 0 Å². The van der Waals surface area contributed by atoms with E-state index >= 15 is 0 Å². The van der Waals surface area contributed by atoms with E-state index < -0.39 is 0 Å². The smallest absolute Gasteiger partial charge is 0.237 e. The lowest BCUT2D eigenvalue weighted by Gasteiger charge is -2.40. The molecule has 1 saturated heterocycles. The summed E-state index contributed by atoms with van der Waals surface area (Å²) in [6, 6.07) is 7.66. The lowest BCUT2D eigenvalue weighted by molar-refractivity contribution is -0.122. The summed E-state index contributed by atoms with van der Waals surface area (Å²) >= 11 is 0. The molecule has 1 aliphatic rings. The predicted octanol–water partition coefficient (Wildman–Crippen LogP) is 4.26. The van der Waals surface area contributed by atoms with Gasteiger partial charge in [-0.05, 0) is 29.0 Å². The summed E-state index contributed by atoms with van der Waals surface area (Å²) in [6.07, 6.45) is 1.22. The third-order valence-corrected chi connectivity index (χ3v) is 5.97. The number of anilines is 1. The molecule has 1 aromatic carbocycles. The summed E-state index contributed by atoms with van der Waals surface area (Å²) in [7, 11) is 6.30. The molecule has 24 heavy (non-hydrogen) atoms. The van der Waals surface area contributed by atoms with E-state index in [0.29, 0.717) is 12.1 Å². The van der Waals surface area contributed by atoms with Crippen LogP contribution in [0.15, 0.2) is 24.3 Å². The fourth-order valence-electron chi connectivity index (χ4n) is 3.05. The van der Waals surface area contributed by atoms with Gasteiger partial charge in [-0.25, -0.2) is 0 Å². The van der Waals surface area contributed by atoms with Gasteiger partial charge in [-0.3, -0.25) is 14.5 Å². The molecule has 0 N–H and O–H groups in total. The lowest BCUT2D eigenvalue weighted by atomic mass is 9.54. The number of carbonyl (C=O) groups is 2. The normalized spacial score (nSPS) is 20.6. The summed E-state index contributed by atoms with van der Waals surface area (Å²) in [6.45, 7) is 12.3. The molecule has 4 heteroatoms. The minimum absolute atomic E-state index is 0.0690. The van der Waals surface area contributed by atoms with Gasteiger partial charge in [-0.1, -0.05) is 65.4 Å². The Bertz CT molecular complexity index is 628. The van der Waals surface area contributed by atoms with Gasteiger partial charge in [-0.2, -0.15) is 0 Å². The number of rotatable bonds is 5. The molecule has 2 rings (SSSR count). The lowest BCUT2D eigenvalue weighted by Crippen LogP contribution is -2.33. The predicted molar refractivity (Wildman–Crippen MR) is 99.3 cm³/mol. The maximum absolute atomic E-state index is 12.6. The molecule has 0 aromatic heterocycles. The van der Waals surface area contributed by atoms with E-state index in [1.54, 1.807) is 0 Å². The van der Waals surface area contributed by atoms with E-state index in [2.05, 4.69) is 20.8 Å². The molecule has 128 valence electrons. The molecule has 1 aromatic rings. The van der Waals surface area contributed by atoms with Crippen molar-refractivity contribution in [1.29, 1.82) is 0 Å². The zero-order valence-corrected chi connectivity index (χ0v) is 15.7. The van der Waals surface area contributed by atoms with Gasteiger partial charge >= 0.3 is 0 Å². The highest BCUT2D eigenvalue weighted by atomic mass is 16.2. The van der Waals surface area contributed by atoms with Crippen LogP contribution in [0.25, 0.3) is 0 Å². The zero-order valence-electron chi connectivity index (χ0n) is 15.7. The van der Waals surface area contributed by atoms with Crippen LogP contribution in [0.5, 0.6) is 0 Å². The van der Waals surface area contributed by atoms with Crippen LogP contribution in [0.1, 0.15) is 59.9 Å². The van der Waals surface area contributed by atoms with E-state index in [-0.39, 0.29) is 34.4 Å². The SMILES string of the molecule is [B]C(C)(C)C(C)(C)c1ccc(N2C(=O)CC(C(C)CC)C2=O)cc1. The molecular formula is C20H28BNO2. The summed E-state index contributed by atoms with van der Waals surface area (Å²) in [5.74, 6) is -0.138. The Morgan fingerprint density at radius 3 is 2.17 bits per heavy atom. The fourth-order valence-corrected chi connectivity index (χ4v) is 3.05.